The van der Waals surface area contributed by atoms with E-state index in [2.05, 4.69) is 5.73 Å². The molecule has 0 radical (unpaired) electrons. The molecule has 0 saturated carbocycles. The maximum atomic E-state index is 10.7. The molecule has 0 saturated heterocycles. The minimum atomic E-state index is -0.866. The normalized spacial score (nSPS) is 16.4. The van der Waals surface area contributed by atoms with Gasteiger partial charge in [-0.1, -0.05) is 12.2 Å². The molecule has 0 aromatic rings. The van der Waals surface area contributed by atoms with E-state index in [4.69, 9.17) is 10.5 Å². The lowest BCUT2D eigenvalue weighted by Crippen LogP contribution is -2.22. The van der Waals surface area contributed by atoms with Crippen LogP contribution in [0.1, 0.15) is 0 Å². The van der Waals surface area contributed by atoms with Crippen LogP contribution in [0, 0.1) is 5.41 Å². The van der Waals surface area contributed by atoms with Crippen LogP contribution < -0.4 is 5.73 Å². The summed E-state index contributed by atoms with van der Waals surface area (Å²) in [7, 11) is 0. The summed E-state index contributed by atoms with van der Waals surface area (Å²) in [6.07, 6.45) is 11.8. The molecule has 0 aromatic heterocycles. The van der Waals surface area contributed by atoms with Gasteiger partial charge in [0.05, 0.1) is 11.9 Å². The molecule has 0 fully saturated rings. The highest BCUT2D eigenvalue weighted by Crippen LogP contribution is 2.19. The van der Waals surface area contributed by atoms with Crippen LogP contribution in [0.5, 0.6) is 0 Å². The first kappa shape index (κ1) is 11.8. The Balaban J connectivity index is 0.000000386. The van der Waals surface area contributed by atoms with Gasteiger partial charge >= 0.3 is 5.97 Å². The number of allylic oxidation sites excluding steroid dienone is 3. The summed E-state index contributed by atoms with van der Waals surface area (Å²) in [5.41, 5.74) is 5.69. The summed E-state index contributed by atoms with van der Waals surface area (Å²) in [4.78, 5) is 12.6. The molecule has 0 amide bonds. The van der Waals surface area contributed by atoms with E-state index in [1.807, 2.05) is 29.3 Å². The van der Waals surface area contributed by atoms with E-state index in [1.54, 1.807) is 12.2 Å². The Morgan fingerprint density at radius 3 is 2.88 bits per heavy atom. The summed E-state index contributed by atoms with van der Waals surface area (Å²) in [6.45, 7) is 0.633. The zero-order chi connectivity index (χ0) is 12.0. The van der Waals surface area contributed by atoms with Crippen molar-refractivity contribution in [2.24, 2.45) is 5.73 Å². The molecule has 5 nitrogen and oxygen atoms in total. The zero-order valence-electron chi connectivity index (χ0n) is 8.63. The highest BCUT2D eigenvalue weighted by molar-refractivity contribution is 5.90. The number of carboxylic acid groups (broad SMARTS) is 1. The van der Waals surface area contributed by atoms with Crippen molar-refractivity contribution in [2.75, 3.05) is 6.54 Å². The highest BCUT2D eigenvalue weighted by Gasteiger charge is 2.14. The molecule has 0 unspecified atom stereocenters. The van der Waals surface area contributed by atoms with E-state index >= 15 is 0 Å². The van der Waals surface area contributed by atoms with Gasteiger partial charge in [0.1, 0.15) is 0 Å². The van der Waals surface area contributed by atoms with E-state index in [0.717, 1.165) is 12.0 Å². The van der Waals surface area contributed by atoms with E-state index in [0.29, 0.717) is 12.1 Å². The summed E-state index contributed by atoms with van der Waals surface area (Å²) in [5.74, 6) is -0.866. The maximum absolute atomic E-state index is 10.7. The fraction of sp³-hybridized carbons (Fsp3) is 0.0909. The molecule has 2 heterocycles. The number of carboxylic acids is 1. The number of aliphatic carboxylic acids is 1. The fourth-order valence-corrected chi connectivity index (χ4v) is 1.35. The van der Waals surface area contributed by atoms with Gasteiger partial charge in [-0.3, -0.25) is 5.41 Å². The monoisotopic (exact) mass is 219 g/mol. The molecule has 5 heteroatoms. The lowest BCUT2D eigenvalue weighted by Gasteiger charge is -2.25. The second-order valence-corrected chi connectivity index (χ2v) is 3.05. The van der Waals surface area contributed by atoms with Crippen LogP contribution in [0.4, 0.5) is 0 Å². The van der Waals surface area contributed by atoms with Crippen LogP contribution >= 0.6 is 0 Å². The van der Waals surface area contributed by atoms with Crippen LogP contribution in [0.3, 0.4) is 0 Å². The first-order valence-corrected chi connectivity index (χ1v) is 4.66. The van der Waals surface area contributed by atoms with Gasteiger partial charge in [0, 0.05) is 18.4 Å². The fourth-order valence-electron chi connectivity index (χ4n) is 1.35. The number of hydrogen-bond donors (Lipinski definition) is 3. The van der Waals surface area contributed by atoms with E-state index in [9.17, 15) is 4.79 Å². The van der Waals surface area contributed by atoms with E-state index in [-0.39, 0.29) is 0 Å². The molecule has 2 aliphatic rings. The average Bonchev–Trinajstić information content (AvgIpc) is 2.29. The molecule has 0 aliphatic carbocycles. The number of fused-ring (bicyclic) bond motifs is 1. The Morgan fingerprint density at radius 1 is 1.56 bits per heavy atom. The topological polar surface area (TPSA) is 90.4 Å². The third-order valence-electron chi connectivity index (χ3n) is 2.03. The van der Waals surface area contributed by atoms with Crippen molar-refractivity contribution in [1.82, 2.24) is 4.90 Å². The quantitative estimate of drug-likeness (QED) is 0.450. The minimum absolute atomic E-state index is 0.367. The van der Waals surface area contributed by atoms with Crippen LogP contribution in [-0.2, 0) is 4.79 Å². The molecule has 0 atom stereocenters. The van der Waals surface area contributed by atoms with Crippen molar-refractivity contribution in [1.29, 1.82) is 5.41 Å². The molecule has 16 heavy (non-hydrogen) atoms. The van der Waals surface area contributed by atoms with E-state index < -0.39 is 5.97 Å². The Labute approximate surface area is 93.4 Å². The molecule has 0 aromatic carbocycles. The molecule has 2 rings (SSSR count). The van der Waals surface area contributed by atoms with Crippen molar-refractivity contribution in [2.45, 2.75) is 0 Å². The lowest BCUT2D eigenvalue weighted by molar-refractivity contribution is -0.132. The van der Waals surface area contributed by atoms with Crippen LogP contribution in [-0.4, -0.2) is 28.9 Å². The number of nitrogens with one attached hydrogen (secondary N) is 1. The SMILES string of the molecule is N=CN.O=C(O)C1=CCN2C=CC=CC2=C1. The molecular formula is C11H13N3O2. The standard InChI is InChI=1S/C10H9NO2.CH4N2/c12-10(13)8-4-6-11-5-2-1-3-9(11)7-8;2-1-3/h1-5,7H,6H2,(H,12,13);1H,(H3,2,3). The lowest BCUT2D eigenvalue weighted by atomic mass is 10.1. The van der Waals surface area contributed by atoms with Gasteiger partial charge in [0.2, 0.25) is 0 Å². The summed E-state index contributed by atoms with van der Waals surface area (Å²) in [6, 6.07) is 0. The van der Waals surface area contributed by atoms with Crippen LogP contribution in [0.15, 0.2) is 47.9 Å². The van der Waals surface area contributed by atoms with Crippen LogP contribution in [0.2, 0.25) is 0 Å². The Kier molecular flexibility index (Phi) is 4.08. The van der Waals surface area contributed by atoms with Crippen molar-refractivity contribution >= 4 is 12.3 Å². The number of rotatable bonds is 1. The van der Waals surface area contributed by atoms with Crippen LogP contribution in [0.25, 0.3) is 0 Å². The van der Waals surface area contributed by atoms with Gasteiger partial charge in [-0.25, -0.2) is 4.79 Å². The largest absolute Gasteiger partial charge is 0.478 e. The third kappa shape index (κ3) is 2.84. The first-order chi connectivity index (χ1) is 7.69. The predicted molar refractivity (Wildman–Crippen MR) is 61.8 cm³/mol. The zero-order valence-corrected chi connectivity index (χ0v) is 8.63. The molecule has 0 spiro atoms. The minimum Gasteiger partial charge on any atom is -0.478 e. The second kappa shape index (κ2) is 5.55. The van der Waals surface area contributed by atoms with Crippen molar-refractivity contribution in [3.8, 4) is 0 Å². The van der Waals surface area contributed by atoms with Gasteiger partial charge in [-0.05, 0) is 18.2 Å². The number of nitrogens with zero attached hydrogens (tertiary/aromatic N) is 1. The van der Waals surface area contributed by atoms with Crippen molar-refractivity contribution < 1.29 is 9.90 Å². The van der Waals surface area contributed by atoms with Gasteiger partial charge in [0.15, 0.2) is 0 Å². The molecule has 4 N–H and O–H groups in total. The molecule has 2 aliphatic heterocycles. The second-order valence-electron chi connectivity index (χ2n) is 3.05. The van der Waals surface area contributed by atoms with Gasteiger partial charge in [-0.15, -0.1) is 0 Å². The maximum Gasteiger partial charge on any atom is 0.335 e. The number of hydrogen-bond acceptors (Lipinski definition) is 3. The Hall–Kier alpha value is -2.30. The summed E-state index contributed by atoms with van der Waals surface area (Å²) in [5, 5.41) is 14.6. The Morgan fingerprint density at radius 2 is 2.25 bits per heavy atom. The van der Waals surface area contributed by atoms with E-state index in [1.165, 1.54) is 0 Å². The van der Waals surface area contributed by atoms with Gasteiger partial charge < -0.3 is 15.7 Å². The number of nitrogens with two attached hydrogens (primary N) is 1. The summed E-state index contributed by atoms with van der Waals surface area (Å²) >= 11 is 0. The first-order valence-electron chi connectivity index (χ1n) is 4.66. The smallest absolute Gasteiger partial charge is 0.335 e. The van der Waals surface area contributed by atoms with Crippen molar-refractivity contribution in [3.05, 3.63) is 47.9 Å². The highest BCUT2D eigenvalue weighted by atomic mass is 16.4. The molecular weight excluding hydrogens is 206 g/mol. The summed E-state index contributed by atoms with van der Waals surface area (Å²) < 4.78 is 0. The molecule has 84 valence electrons. The predicted octanol–water partition coefficient (Wildman–Crippen LogP) is 0.833. The third-order valence-corrected chi connectivity index (χ3v) is 2.03. The van der Waals surface area contributed by atoms with Gasteiger partial charge in [0.25, 0.3) is 0 Å². The molecule has 0 bridgehead atoms. The number of carbonyl (C=O) groups is 1. The average molecular weight is 219 g/mol. The van der Waals surface area contributed by atoms with Crippen molar-refractivity contribution in [3.63, 3.8) is 0 Å². The van der Waals surface area contributed by atoms with Gasteiger partial charge in [-0.2, -0.15) is 0 Å². The Bertz CT molecular complexity index is 405.